The number of carbonyl (C=O) groups is 3. The molecule has 0 aromatic rings. The number of nitrogens with one attached hydrogen (secondary N) is 1. The van der Waals surface area contributed by atoms with Crippen LogP contribution in [0.4, 0.5) is 0 Å². The van der Waals surface area contributed by atoms with Gasteiger partial charge >= 0.3 is 11.9 Å². The van der Waals surface area contributed by atoms with Gasteiger partial charge in [-0.05, 0) is 20.3 Å². The number of amides is 1. The summed E-state index contributed by atoms with van der Waals surface area (Å²) in [6, 6.07) is 0. The second-order valence-corrected chi connectivity index (χ2v) is 6.92. The van der Waals surface area contributed by atoms with E-state index in [0.717, 1.165) is 0 Å². The van der Waals surface area contributed by atoms with Crippen LogP contribution in [-0.4, -0.2) is 59.5 Å². The lowest BCUT2D eigenvalue weighted by atomic mass is 9.86. The number of ether oxygens (including phenoxy) is 2. The van der Waals surface area contributed by atoms with Gasteiger partial charge in [0.1, 0.15) is 6.61 Å². The summed E-state index contributed by atoms with van der Waals surface area (Å²) in [7, 11) is 0. The van der Waals surface area contributed by atoms with Gasteiger partial charge in [-0.1, -0.05) is 20.8 Å². The smallest absolute Gasteiger partial charge is 0.309 e. The molecular formula is C17H31NO7. The maximum atomic E-state index is 12.4. The number of hydrogen-bond acceptors (Lipinski definition) is 7. The molecule has 0 aromatic carbocycles. The first kappa shape index (κ1) is 23.3. The molecule has 8 heteroatoms. The van der Waals surface area contributed by atoms with Crippen LogP contribution >= 0.6 is 0 Å². The molecule has 0 aliphatic rings. The van der Waals surface area contributed by atoms with E-state index < -0.39 is 41.6 Å². The number of carbonyl (C=O) groups excluding carboxylic acids is 3. The molecule has 0 aromatic heterocycles. The molecule has 0 radical (unpaired) electrons. The van der Waals surface area contributed by atoms with Gasteiger partial charge in [0.15, 0.2) is 6.10 Å². The minimum Gasteiger partial charge on any atom is -0.465 e. The third kappa shape index (κ3) is 10.0. The van der Waals surface area contributed by atoms with Crippen LogP contribution in [0.3, 0.4) is 0 Å². The Bertz CT molecular complexity index is 446. The Morgan fingerprint density at radius 3 is 2.04 bits per heavy atom. The van der Waals surface area contributed by atoms with E-state index in [-0.39, 0.29) is 19.4 Å². The fourth-order valence-corrected chi connectivity index (χ4v) is 1.97. The van der Waals surface area contributed by atoms with Crippen LogP contribution in [0.5, 0.6) is 0 Å². The Kier molecular flexibility index (Phi) is 10.3. The summed E-state index contributed by atoms with van der Waals surface area (Å²) < 4.78 is 10.3. The van der Waals surface area contributed by atoms with Crippen molar-refractivity contribution in [2.24, 2.45) is 5.41 Å². The lowest BCUT2D eigenvalue weighted by Crippen LogP contribution is -2.49. The molecule has 0 bridgehead atoms. The molecule has 3 atom stereocenters. The van der Waals surface area contributed by atoms with Crippen LogP contribution in [0.1, 0.15) is 53.9 Å². The second kappa shape index (κ2) is 11.0. The van der Waals surface area contributed by atoms with Crippen molar-refractivity contribution in [2.75, 3.05) is 13.2 Å². The molecule has 8 nitrogen and oxygen atoms in total. The summed E-state index contributed by atoms with van der Waals surface area (Å²) in [6.45, 7) is 8.31. The average Bonchev–Trinajstić information content (AvgIpc) is 2.47. The van der Waals surface area contributed by atoms with Crippen molar-refractivity contribution in [2.45, 2.75) is 72.2 Å². The normalized spacial score (nSPS) is 15.0. The van der Waals surface area contributed by atoms with Gasteiger partial charge in [-0.15, -0.1) is 0 Å². The van der Waals surface area contributed by atoms with Crippen LogP contribution in [0.15, 0.2) is 0 Å². The number of aliphatic hydroxyl groups is 2. The van der Waals surface area contributed by atoms with Crippen molar-refractivity contribution in [1.29, 1.82) is 0 Å². The molecule has 0 fully saturated rings. The Morgan fingerprint density at radius 2 is 1.56 bits per heavy atom. The van der Waals surface area contributed by atoms with Gasteiger partial charge in [0.05, 0.1) is 25.0 Å². The van der Waals surface area contributed by atoms with E-state index in [0.29, 0.717) is 13.0 Å². The minimum atomic E-state index is -1.18. The maximum absolute atomic E-state index is 12.4. The van der Waals surface area contributed by atoms with Crippen LogP contribution in [0.2, 0.25) is 0 Å². The van der Waals surface area contributed by atoms with Gasteiger partial charge in [0.2, 0.25) is 0 Å². The molecule has 0 heterocycles. The first-order valence-corrected chi connectivity index (χ1v) is 8.48. The van der Waals surface area contributed by atoms with Gasteiger partial charge in [-0.2, -0.15) is 0 Å². The van der Waals surface area contributed by atoms with E-state index in [9.17, 15) is 24.6 Å². The van der Waals surface area contributed by atoms with Crippen molar-refractivity contribution >= 4 is 17.8 Å². The SMILES string of the molecule is CCCNC(=O)[C@H](OC(=O)C[C@@H](C)O)C(C)(C)COC(=O)C[C@@H](C)O. The Labute approximate surface area is 148 Å². The zero-order valence-electron chi connectivity index (χ0n) is 15.7. The molecule has 3 N–H and O–H groups in total. The Hall–Kier alpha value is -1.67. The van der Waals surface area contributed by atoms with Gasteiger partial charge in [0.25, 0.3) is 5.91 Å². The fraction of sp³-hybridized carbons (Fsp3) is 0.824. The maximum Gasteiger partial charge on any atom is 0.309 e. The van der Waals surface area contributed by atoms with Crippen molar-refractivity contribution in [3.63, 3.8) is 0 Å². The number of rotatable bonds is 11. The lowest BCUT2D eigenvalue weighted by molar-refractivity contribution is -0.170. The van der Waals surface area contributed by atoms with Gasteiger partial charge in [-0.3, -0.25) is 14.4 Å². The summed E-state index contributed by atoms with van der Waals surface area (Å²) in [6.07, 6.45) is -2.59. The van der Waals surface area contributed by atoms with Gasteiger partial charge in [0, 0.05) is 12.0 Å². The monoisotopic (exact) mass is 361 g/mol. The topological polar surface area (TPSA) is 122 Å². The highest BCUT2D eigenvalue weighted by molar-refractivity contribution is 5.84. The molecule has 0 spiro atoms. The summed E-state index contributed by atoms with van der Waals surface area (Å²) in [5, 5.41) is 21.1. The number of aliphatic hydroxyl groups excluding tert-OH is 2. The van der Waals surface area contributed by atoms with E-state index in [1.54, 1.807) is 13.8 Å². The van der Waals surface area contributed by atoms with E-state index in [1.165, 1.54) is 13.8 Å². The van der Waals surface area contributed by atoms with Crippen molar-refractivity contribution < 1.29 is 34.1 Å². The molecule has 1 amide bonds. The largest absolute Gasteiger partial charge is 0.465 e. The molecule has 0 unspecified atom stereocenters. The first-order valence-electron chi connectivity index (χ1n) is 8.48. The highest BCUT2D eigenvalue weighted by Crippen LogP contribution is 2.25. The molecule has 0 aliphatic carbocycles. The summed E-state index contributed by atoms with van der Waals surface area (Å²) in [4.78, 5) is 35.8. The van der Waals surface area contributed by atoms with E-state index in [4.69, 9.17) is 9.47 Å². The molecule has 0 aliphatic heterocycles. The van der Waals surface area contributed by atoms with E-state index in [2.05, 4.69) is 5.32 Å². The Balaban J connectivity index is 5.03. The molecular weight excluding hydrogens is 330 g/mol. The average molecular weight is 361 g/mol. The lowest BCUT2D eigenvalue weighted by Gasteiger charge is -2.32. The third-order valence-corrected chi connectivity index (χ3v) is 3.28. The predicted molar refractivity (Wildman–Crippen MR) is 90.5 cm³/mol. The zero-order chi connectivity index (χ0) is 19.6. The third-order valence-electron chi connectivity index (χ3n) is 3.28. The van der Waals surface area contributed by atoms with Crippen molar-refractivity contribution in [1.82, 2.24) is 5.32 Å². The standard InChI is InChI=1S/C17H31NO7/c1-6-7-18-16(23)15(25-14(22)9-12(3)20)17(4,5)10-24-13(21)8-11(2)19/h11-12,15,19-20H,6-10H2,1-5H3,(H,18,23)/t11-,12-,15+/m1/s1. The fourth-order valence-electron chi connectivity index (χ4n) is 1.97. The first-order chi connectivity index (χ1) is 11.5. The van der Waals surface area contributed by atoms with Crippen LogP contribution in [0.25, 0.3) is 0 Å². The molecule has 0 saturated heterocycles. The van der Waals surface area contributed by atoms with E-state index in [1.807, 2.05) is 6.92 Å². The number of esters is 2. The highest BCUT2D eigenvalue weighted by atomic mass is 16.6. The van der Waals surface area contributed by atoms with E-state index >= 15 is 0 Å². The predicted octanol–water partition coefficient (Wildman–Crippen LogP) is 0.536. The summed E-state index contributed by atoms with van der Waals surface area (Å²) in [5.41, 5.74) is -0.986. The quantitative estimate of drug-likeness (QED) is 0.459. The number of hydrogen-bond donors (Lipinski definition) is 3. The molecule has 146 valence electrons. The summed E-state index contributed by atoms with van der Waals surface area (Å²) in [5.74, 6) is -1.81. The van der Waals surface area contributed by atoms with Crippen LogP contribution in [0, 0.1) is 5.41 Å². The highest BCUT2D eigenvalue weighted by Gasteiger charge is 2.39. The second-order valence-electron chi connectivity index (χ2n) is 6.92. The molecule has 0 rings (SSSR count). The Morgan fingerprint density at radius 1 is 1.04 bits per heavy atom. The summed E-state index contributed by atoms with van der Waals surface area (Å²) >= 11 is 0. The van der Waals surface area contributed by atoms with Gasteiger partial charge in [-0.25, -0.2) is 0 Å². The van der Waals surface area contributed by atoms with Gasteiger partial charge < -0.3 is 25.0 Å². The van der Waals surface area contributed by atoms with Crippen LogP contribution in [-0.2, 0) is 23.9 Å². The zero-order valence-corrected chi connectivity index (χ0v) is 15.7. The van der Waals surface area contributed by atoms with Crippen molar-refractivity contribution in [3.8, 4) is 0 Å². The van der Waals surface area contributed by atoms with Crippen molar-refractivity contribution in [3.05, 3.63) is 0 Å². The molecule has 0 saturated carbocycles. The minimum absolute atomic E-state index is 0.162. The van der Waals surface area contributed by atoms with Crippen LogP contribution < -0.4 is 5.32 Å². The molecule has 25 heavy (non-hydrogen) atoms.